The van der Waals surface area contributed by atoms with Crippen LogP contribution in [0.5, 0.6) is 0 Å². The zero-order valence-electron chi connectivity index (χ0n) is 13.0. The van der Waals surface area contributed by atoms with Gasteiger partial charge >= 0.3 is 0 Å². The second-order valence-corrected chi connectivity index (χ2v) is 6.49. The lowest BCUT2D eigenvalue weighted by atomic mass is 10.0. The number of rotatable bonds is 4. The number of nitrogens with zero attached hydrogens (tertiary/aromatic N) is 2. The van der Waals surface area contributed by atoms with E-state index >= 15 is 0 Å². The number of piperidine rings is 1. The molecule has 112 valence electrons. The molecule has 21 heavy (non-hydrogen) atoms. The van der Waals surface area contributed by atoms with E-state index in [0.29, 0.717) is 6.04 Å². The summed E-state index contributed by atoms with van der Waals surface area (Å²) in [7, 11) is 0. The van der Waals surface area contributed by atoms with Gasteiger partial charge in [-0.05, 0) is 30.9 Å². The van der Waals surface area contributed by atoms with E-state index in [0.717, 1.165) is 11.4 Å². The predicted molar refractivity (Wildman–Crippen MR) is 89.7 cm³/mol. The van der Waals surface area contributed by atoms with Crippen LogP contribution in [-0.4, -0.2) is 35.6 Å². The minimum Gasteiger partial charge on any atom is -0.380 e. The van der Waals surface area contributed by atoms with Gasteiger partial charge in [0.25, 0.3) is 0 Å². The van der Waals surface area contributed by atoms with E-state index in [4.69, 9.17) is 0 Å². The largest absolute Gasteiger partial charge is 0.380 e. The van der Waals surface area contributed by atoms with Crippen LogP contribution in [0.25, 0.3) is 10.9 Å². The molecule has 0 spiro atoms. The Morgan fingerprint density at radius 1 is 1.19 bits per heavy atom. The Morgan fingerprint density at radius 2 is 1.95 bits per heavy atom. The Kier molecular flexibility index (Phi) is 4.39. The van der Waals surface area contributed by atoms with Gasteiger partial charge in [0.2, 0.25) is 0 Å². The third-order valence-corrected chi connectivity index (χ3v) is 4.20. The molecule has 0 radical (unpaired) electrons. The van der Waals surface area contributed by atoms with Crippen LogP contribution in [0, 0.1) is 5.92 Å². The van der Waals surface area contributed by atoms with Gasteiger partial charge in [-0.2, -0.15) is 0 Å². The van der Waals surface area contributed by atoms with E-state index in [1.807, 2.05) is 12.3 Å². The molecule has 0 atom stereocenters. The minimum atomic E-state index is 0.570. The average molecular weight is 283 g/mol. The van der Waals surface area contributed by atoms with Crippen LogP contribution >= 0.6 is 0 Å². The summed E-state index contributed by atoms with van der Waals surface area (Å²) in [6.07, 6.45) is 4.31. The van der Waals surface area contributed by atoms with Crippen molar-refractivity contribution in [3.8, 4) is 0 Å². The van der Waals surface area contributed by atoms with Crippen molar-refractivity contribution in [3.63, 3.8) is 0 Å². The van der Waals surface area contributed by atoms with Gasteiger partial charge in [0, 0.05) is 37.3 Å². The quantitative estimate of drug-likeness (QED) is 0.926. The number of likely N-dealkylation sites (tertiary alicyclic amines) is 1. The number of para-hydroxylation sites is 1. The van der Waals surface area contributed by atoms with E-state index in [2.05, 4.69) is 53.3 Å². The molecule has 0 bridgehead atoms. The van der Waals surface area contributed by atoms with Gasteiger partial charge in [0.15, 0.2) is 0 Å². The number of benzene rings is 1. The monoisotopic (exact) mass is 283 g/mol. The number of anilines is 1. The van der Waals surface area contributed by atoms with E-state index in [1.165, 1.54) is 43.5 Å². The summed E-state index contributed by atoms with van der Waals surface area (Å²) >= 11 is 0. The molecule has 1 aromatic carbocycles. The highest BCUT2D eigenvalue weighted by atomic mass is 15.1. The summed E-state index contributed by atoms with van der Waals surface area (Å²) < 4.78 is 0. The number of pyridine rings is 1. The van der Waals surface area contributed by atoms with Crippen molar-refractivity contribution in [1.82, 2.24) is 9.88 Å². The molecule has 3 nitrogen and oxygen atoms in total. The average Bonchev–Trinajstić information content (AvgIpc) is 2.49. The molecule has 1 N–H and O–H groups in total. The third kappa shape index (κ3) is 3.53. The number of fused-ring (bicyclic) bond motifs is 1. The number of aromatic nitrogens is 1. The first-order valence-electron chi connectivity index (χ1n) is 8.05. The Morgan fingerprint density at radius 3 is 2.71 bits per heavy atom. The van der Waals surface area contributed by atoms with Crippen LogP contribution in [0.2, 0.25) is 0 Å². The Hall–Kier alpha value is -1.61. The molecule has 1 saturated heterocycles. The molecular weight excluding hydrogens is 258 g/mol. The SMILES string of the molecule is CC(C)CN1CCC(Nc2cccc3cccnc23)CC1. The van der Waals surface area contributed by atoms with Gasteiger partial charge in [-0.15, -0.1) is 0 Å². The molecule has 3 heteroatoms. The van der Waals surface area contributed by atoms with Crippen LogP contribution in [0.3, 0.4) is 0 Å². The van der Waals surface area contributed by atoms with Gasteiger partial charge in [0.1, 0.15) is 0 Å². The summed E-state index contributed by atoms with van der Waals surface area (Å²) in [4.78, 5) is 7.12. The Bertz CT molecular complexity index is 581. The maximum Gasteiger partial charge on any atom is 0.0933 e. The fraction of sp³-hybridized carbons (Fsp3) is 0.500. The Balaban J connectivity index is 1.65. The second-order valence-electron chi connectivity index (χ2n) is 6.49. The zero-order chi connectivity index (χ0) is 14.7. The summed E-state index contributed by atoms with van der Waals surface area (Å²) in [5, 5.41) is 4.92. The topological polar surface area (TPSA) is 28.2 Å². The summed E-state index contributed by atoms with van der Waals surface area (Å²) in [5.41, 5.74) is 2.26. The van der Waals surface area contributed by atoms with Gasteiger partial charge in [-0.1, -0.05) is 32.0 Å². The van der Waals surface area contributed by atoms with Crippen molar-refractivity contribution in [2.45, 2.75) is 32.7 Å². The second kappa shape index (κ2) is 6.44. The normalized spacial score (nSPS) is 17.5. The zero-order valence-corrected chi connectivity index (χ0v) is 13.0. The van der Waals surface area contributed by atoms with Crippen molar-refractivity contribution in [2.75, 3.05) is 25.0 Å². The van der Waals surface area contributed by atoms with E-state index in [-0.39, 0.29) is 0 Å². The number of nitrogens with one attached hydrogen (secondary N) is 1. The molecule has 1 fully saturated rings. The molecule has 1 aliphatic heterocycles. The third-order valence-electron chi connectivity index (χ3n) is 4.20. The first-order chi connectivity index (χ1) is 10.2. The molecule has 2 heterocycles. The van der Waals surface area contributed by atoms with Crippen molar-refractivity contribution in [3.05, 3.63) is 36.5 Å². The van der Waals surface area contributed by atoms with Gasteiger partial charge in [-0.25, -0.2) is 0 Å². The van der Waals surface area contributed by atoms with Crippen LogP contribution < -0.4 is 5.32 Å². The maximum atomic E-state index is 4.53. The lowest BCUT2D eigenvalue weighted by Gasteiger charge is -2.33. The summed E-state index contributed by atoms with van der Waals surface area (Å²) in [6, 6.07) is 11.1. The molecule has 0 saturated carbocycles. The molecule has 0 aliphatic carbocycles. The molecule has 1 aromatic heterocycles. The highest BCUT2D eigenvalue weighted by Gasteiger charge is 2.19. The number of hydrogen-bond acceptors (Lipinski definition) is 3. The standard InChI is InChI=1S/C18H25N3/c1-14(2)13-21-11-8-16(9-12-21)20-17-7-3-5-15-6-4-10-19-18(15)17/h3-7,10,14,16,20H,8-9,11-13H2,1-2H3. The van der Waals surface area contributed by atoms with Crippen molar-refractivity contribution in [2.24, 2.45) is 5.92 Å². The summed E-state index contributed by atoms with van der Waals surface area (Å²) in [6.45, 7) is 8.23. The summed E-state index contributed by atoms with van der Waals surface area (Å²) in [5.74, 6) is 0.761. The van der Waals surface area contributed by atoms with Crippen LogP contribution in [-0.2, 0) is 0 Å². The highest BCUT2D eigenvalue weighted by Crippen LogP contribution is 2.24. The number of hydrogen-bond donors (Lipinski definition) is 1. The molecule has 1 aliphatic rings. The molecule has 2 aromatic rings. The van der Waals surface area contributed by atoms with E-state index in [1.54, 1.807) is 0 Å². The predicted octanol–water partition coefficient (Wildman–Crippen LogP) is 3.77. The van der Waals surface area contributed by atoms with E-state index < -0.39 is 0 Å². The van der Waals surface area contributed by atoms with E-state index in [9.17, 15) is 0 Å². The van der Waals surface area contributed by atoms with Crippen LogP contribution in [0.1, 0.15) is 26.7 Å². The van der Waals surface area contributed by atoms with Crippen molar-refractivity contribution < 1.29 is 0 Å². The fourth-order valence-corrected chi connectivity index (χ4v) is 3.22. The Labute approximate surface area is 127 Å². The smallest absolute Gasteiger partial charge is 0.0933 e. The van der Waals surface area contributed by atoms with Gasteiger partial charge in [-0.3, -0.25) is 4.98 Å². The minimum absolute atomic E-state index is 0.570. The first kappa shape index (κ1) is 14.3. The van der Waals surface area contributed by atoms with Crippen LogP contribution in [0.15, 0.2) is 36.5 Å². The first-order valence-corrected chi connectivity index (χ1v) is 8.05. The highest BCUT2D eigenvalue weighted by molar-refractivity contribution is 5.90. The van der Waals surface area contributed by atoms with Crippen molar-refractivity contribution in [1.29, 1.82) is 0 Å². The van der Waals surface area contributed by atoms with Crippen molar-refractivity contribution >= 4 is 16.6 Å². The van der Waals surface area contributed by atoms with Crippen LogP contribution in [0.4, 0.5) is 5.69 Å². The molecular formula is C18H25N3. The fourth-order valence-electron chi connectivity index (χ4n) is 3.22. The molecule has 0 amide bonds. The molecule has 0 unspecified atom stereocenters. The van der Waals surface area contributed by atoms with Gasteiger partial charge in [0.05, 0.1) is 11.2 Å². The molecule has 3 rings (SSSR count). The lowest BCUT2D eigenvalue weighted by molar-refractivity contribution is 0.198. The maximum absolute atomic E-state index is 4.53. The van der Waals surface area contributed by atoms with Gasteiger partial charge < -0.3 is 10.2 Å². The lowest BCUT2D eigenvalue weighted by Crippen LogP contribution is -2.40.